The Labute approximate surface area is 105 Å². The molecule has 0 atom stereocenters. The topological polar surface area (TPSA) is 26.3 Å². The van der Waals surface area contributed by atoms with Gasteiger partial charge in [0.25, 0.3) is 0 Å². The first kappa shape index (κ1) is 12.3. The predicted octanol–water partition coefficient (Wildman–Crippen LogP) is 3.53. The molecule has 2 rings (SSSR count). The van der Waals surface area contributed by atoms with E-state index in [9.17, 15) is 9.18 Å². The summed E-state index contributed by atoms with van der Waals surface area (Å²) in [5.41, 5.74) is 2.41. The predicted molar refractivity (Wildman–Crippen MR) is 67.3 cm³/mol. The summed E-state index contributed by atoms with van der Waals surface area (Å²) in [7, 11) is 0. The number of benzene rings is 2. The number of halogens is 1. The molecule has 2 aromatic rings. The van der Waals surface area contributed by atoms with Crippen LogP contribution in [-0.2, 0) is 6.61 Å². The van der Waals surface area contributed by atoms with Crippen molar-refractivity contribution in [3.63, 3.8) is 0 Å². The van der Waals surface area contributed by atoms with Crippen LogP contribution in [-0.4, -0.2) is 6.29 Å². The van der Waals surface area contributed by atoms with Crippen LogP contribution >= 0.6 is 0 Å². The number of aryl methyl sites for hydroxylation is 1. The molecule has 0 N–H and O–H groups in total. The van der Waals surface area contributed by atoms with Crippen LogP contribution in [0.1, 0.15) is 21.5 Å². The molecule has 2 nitrogen and oxygen atoms in total. The zero-order valence-electron chi connectivity index (χ0n) is 10.0. The highest BCUT2D eigenvalue weighted by molar-refractivity contribution is 5.74. The number of carbonyl (C=O) groups excluding carboxylic acids is 1. The molecule has 18 heavy (non-hydrogen) atoms. The molecule has 92 valence electrons. The fraction of sp³-hybridized carbons (Fsp3) is 0.133. The monoisotopic (exact) mass is 244 g/mol. The van der Waals surface area contributed by atoms with Gasteiger partial charge in [0.1, 0.15) is 12.9 Å². The summed E-state index contributed by atoms with van der Waals surface area (Å²) in [5, 5.41) is 0. The highest BCUT2D eigenvalue weighted by Crippen LogP contribution is 2.19. The minimum absolute atomic E-state index is 0.156. The Morgan fingerprint density at radius 3 is 2.67 bits per heavy atom. The second-order valence-electron chi connectivity index (χ2n) is 4.02. The molecular weight excluding hydrogens is 231 g/mol. The van der Waals surface area contributed by atoms with E-state index in [1.54, 1.807) is 0 Å². The highest BCUT2D eigenvalue weighted by atomic mass is 19.1. The van der Waals surface area contributed by atoms with Crippen molar-refractivity contribution in [2.24, 2.45) is 0 Å². The molecule has 0 bridgehead atoms. The summed E-state index contributed by atoms with van der Waals surface area (Å²) in [5.74, 6) is -0.364. The minimum atomic E-state index is -0.520. The normalized spacial score (nSPS) is 10.1. The number of hydrogen-bond acceptors (Lipinski definition) is 2. The van der Waals surface area contributed by atoms with Gasteiger partial charge in [-0.05, 0) is 36.2 Å². The minimum Gasteiger partial charge on any atom is -0.486 e. The second-order valence-corrected chi connectivity index (χ2v) is 4.02. The Morgan fingerprint density at radius 1 is 1.22 bits per heavy atom. The summed E-state index contributed by atoms with van der Waals surface area (Å²) in [6.45, 7) is 2.29. The lowest BCUT2D eigenvalue weighted by Crippen LogP contribution is -1.99. The van der Waals surface area contributed by atoms with Crippen LogP contribution in [0, 0.1) is 12.7 Å². The van der Waals surface area contributed by atoms with Crippen LogP contribution < -0.4 is 4.74 Å². The number of carbonyl (C=O) groups is 1. The van der Waals surface area contributed by atoms with E-state index in [2.05, 4.69) is 0 Å². The Kier molecular flexibility index (Phi) is 3.72. The molecule has 0 aliphatic rings. The van der Waals surface area contributed by atoms with Crippen molar-refractivity contribution in [2.45, 2.75) is 13.5 Å². The van der Waals surface area contributed by atoms with Gasteiger partial charge in [-0.1, -0.05) is 24.3 Å². The summed E-state index contributed by atoms with van der Waals surface area (Å²) < 4.78 is 19.0. The molecule has 0 fully saturated rings. The Hall–Kier alpha value is -2.16. The molecular formula is C15H13FO2. The molecule has 0 amide bonds. The van der Waals surface area contributed by atoms with Crippen molar-refractivity contribution >= 4 is 6.29 Å². The molecule has 0 spiro atoms. The van der Waals surface area contributed by atoms with E-state index in [0.717, 1.165) is 11.1 Å². The molecule has 0 radical (unpaired) electrons. The maximum Gasteiger partial charge on any atom is 0.165 e. The summed E-state index contributed by atoms with van der Waals surface area (Å²) in [6.07, 6.45) is 0.605. The van der Waals surface area contributed by atoms with Crippen molar-refractivity contribution < 1.29 is 13.9 Å². The fourth-order valence-electron chi connectivity index (χ4n) is 1.63. The highest BCUT2D eigenvalue weighted by Gasteiger charge is 2.05. The van der Waals surface area contributed by atoms with Gasteiger partial charge in [-0.3, -0.25) is 4.79 Å². The standard InChI is InChI=1S/C15H13FO2/c1-11-4-2-3-5-13(11)10-18-15-7-6-12(9-17)8-14(15)16/h2-9H,10H2,1H3. The molecule has 2 aromatic carbocycles. The van der Waals surface area contributed by atoms with Crippen LogP contribution in [0.15, 0.2) is 42.5 Å². The van der Waals surface area contributed by atoms with Gasteiger partial charge >= 0.3 is 0 Å². The number of ether oxygens (including phenoxy) is 1. The largest absolute Gasteiger partial charge is 0.486 e. The Morgan fingerprint density at radius 2 is 2.00 bits per heavy atom. The lowest BCUT2D eigenvalue weighted by Gasteiger charge is -2.09. The quantitative estimate of drug-likeness (QED) is 0.769. The van der Waals surface area contributed by atoms with Gasteiger partial charge < -0.3 is 4.74 Å². The lowest BCUT2D eigenvalue weighted by molar-refractivity contribution is 0.112. The van der Waals surface area contributed by atoms with E-state index in [0.29, 0.717) is 18.5 Å². The van der Waals surface area contributed by atoms with E-state index < -0.39 is 5.82 Å². The van der Waals surface area contributed by atoms with Gasteiger partial charge in [-0.2, -0.15) is 0 Å². The Bertz CT molecular complexity index is 564. The van der Waals surface area contributed by atoms with E-state index in [1.807, 2.05) is 31.2 Å². The van der Waals surface area contributed by atoms with Crippen molar-refractivity contribution in [3.8, 4) is 5.75 Å². The molecule has 0 aliphatic carbocycles. The first-order valence-electron chi connectivity index (χ1n) is 5.63. The molecule has 0 saturated carbocycles. The van der Waals surface area contributed by atoms with E-state index in [-0.39, 0.29) is 5.75 Å². The van der Waals surface area contributed by atoms with Crippen molar-refractivity contribution in [3.05, 3.63) is 65.0 Å². The maximum atomic E-state index is 13.6. The molecule has 0 aliphatic heterocycles. The van der Waals surface area contributed by atoms with E-state index in [1.165, 1.54) is 18.2 Å². The molecule has 0 unspecified atom stereocenters. The summed E-state index contributed by atoms with van der Waals surface area (Å²) in [4.78, 5) is 10.5. The van der Waals surface area contributed by atoms with Crippen molar-refractivity contribution in [1.82, 2.24) is 0 Å². The first-order chi connectivity index (χ1) is 8.70. The van der Waals surface area contributed by atoms with Gasteiger partial charge in [-0.25, -0.2) is 4.39 Å². The third kappa shape index (κ3) is 2.74. The number of rotatable bonds is 4. The van der Waals surface area contributed by atoms with Crippen molar-refractivity contribution in [1.29, 1.82) is 0 Å². The third-order valence-electron chi connectivity index (χ3n) is 2.74. The SMILES string of the molecule is Cc1ccccc1COc1ccc(C=O)cc1F. The zero-order valence-corrected chi connectivity index (χ0v) is 10.0. The van der Waals surface area contributed by atoms with Crippen LogP contribution in [0.3, 0.4) is 0 Å². The van der Waals surface area contributed by atoms with Gasteiger partial charge in [0.05, 0.1) is 0 Å². The average molecular weight is 244 g/mol. The first-order valence-corrected chi connectivity index (χ1v) is 5.63. The van der Waals surface area contributed by atoms with Crippen LogP contribution in [0.25, 0.3) is 0 Å². The molecule has 0 saturated heterocycles. The van der Waals surface area contributed by atoms with E-state index in [4.69, 9.17) is 4.74 Å². The average Bonchev–Trinajstić information content (AvgIpc) is 2.39. The second kappa shape index (κ2) is 5.45. The van der Waals surface area contributed by atoms with Gasteiger partial charge in [0.2, 0.25) is 0 Å². The Balaban J connectivity index is 2.11. The van der Waals surface area contributed by atoms with Crippen LogP contribution in [0.4, 0.5) is 4.39 Å². The molecule has 3 heteroatoms. The van der Waals surface area contributed by atoms with Crippen molar-refractivity contribution in [2.75, 3.05) is 0 Å². The lowest BCUT2D eigenvalue weighted by atomic mass is 10.1. The van der Waals surface area contributed by atoms with Gasteiger partial charge in [0, 0.05) is 5.56 Å². The zero-order chi connectivity index (χ0) is 13.0. The van der Waals surface area contributed by atoms with Crippen LogP contribution in [0.2, 0.25) is 0 Å². The molecule has 0 aromatic heterocycles. The molecule has 0 heterocycles. The van der Waals surface area contributed by atoms with Crippen LogP contribution in [0.5, 0.6) is 5.75 Å². The van der Waals surface area contributed by atoms with Gasteiger partial charge in [0.15, 0.2) is 11.6 Å². The summed E-state index contributed by atoms with van der Waals surface area (Å²) in [6, 6.07) is 11.9. The number of aldehydes is 1. The van der Waals surface area contributed by atoms with Gasteiger partial charge in [-0.15, -0.1) is 0 Å². The fourth-order valence-corrected chi connectivity index (χ4v) is 1.63. The van der Waals surface area contributed by atoms with E-state index >= 15 is 0 Å². The smallest absolute Gasteiger partial charge is 0.165 e. The summed E-state index contributed by atoms with van der Waals surface area (Å²) >= 11 is 0. The third-order valence-corrected chi connectivity index (χ3v) is 2.74. The number of hydrogen-bond donors (Lipinski definition) is 0. The maximum absolute atomic E-state index is 13.6.